The molecule has 124 valence electrons. The minimum Gasteiger partial charge on any atom is -0.446 e. The monoisotopic (exact) mass is 413 g/mol. The molecule has 1 aromatic carbocycles. The molecule has 6 nitrogen and oxygen atoms in total. The maximum absolute atomic E-state index is 5.66. The molecule has 0 atom stereocenters. The zero-order chi connectivity index (χ0) is 17.1. The Bertz CT molecular complexity index is 971. The Balaban J connectivity index is 1.74. The van der Waals surface area contributed by atoms with Crippen LogP contribution in [0.1, 0.15) is 5.56 Å². The van der Waals surface area contributed by atoms with Crippen LogP contribution in [0, 0.1) is 0 Å². The molecule has 3 heterocycles. The number of furan rings is 1. The first-order chi connectivity index (χ1) is 12.3. The Kier molecular flexibility index (Phi) is 4.62. The topological polar surface area (TPSA) is 69.6 Å². The van der Waals surface area contributed by atoms with Crippen LogP contribution in [0.4, 0.5) is 0 Å². The normalized spacial score (nSPS) is 10.9. The average Bonchev–Trinajstić information content (AvgIpc) is 3.23. The number of aromatic nitrogens is 5. The second kappa shape index (κ2) is 7.20. The van der Waals surface area contributed by atoms with E-state index in [1.165, 1.54) is 11.8 Å². The van der Waals surface area contributed by atoms with Crippen molar-refractivity contribution in [1.29, 1.82) is 0 Å². The van der Waals surface area contributed by atoms with E-state index in [1.807, 2.05) is 34.9 Å². The fourth-order valence-electron chi connectivity index (χ4n) is 2.31. The third kappa shape index (κ3) is 3.64. The minimum absolute atomic E-state index is 0.622. The smallest absolute Gasteiger partial charge is 0.200 e. The molecule has 3 aromatic heterocycles. The van der Waals surface area contributed by atoms with Crippen molar-refractivity contribution in [3.05, 3.63) is 71.2 Å². The first-order valence-electron chi connectivity index (χ1n) is 7.47. The molecule has 0 amide bonds. The molecule has 0 spiro atoms. The summed E-state index contributed by atoms with van der Waals surface area (Å²) in [6, 6.07) is 15.6. The van der Waals surface area contributed by atoms with Gasteiger partial charge in [-0.2, -0.15) is 0 Å². The van der Waals surface area contributed by atoms with Gasteiger partial charge in [0.1, 0.15) is 0 Å². The van der Waals surface area contributed by atoms with E-state index in [1.54, 1.807) is 18.5 Å². The molecule has 0 aliphatic carbocycles. The summed E-state index contributed by atoms with van der Waals surface area (Å²) >= 11 is 4.70. The van der Waals surface area contributed by atoms with Gasteiger partial charge in [0.15, 0.2) is 20.7 Å². The van der Waals surface area contributed by atoms with Gasteiger partial charge in [0.2, 0.25) is 5.82 Å². The van der Waals surface area contributed by atoms with Gasteiger partial charge in [-0.15, -0.1) is 10.2 Å². The fourth-order valence-corrected chi connectivity index (χ4v) is 3.35. The lowest BCUT2D eigenvalue weighted by atomic mass is 10.2. The van der Waals surface area contributed by atoms with Crippen LogP contribution < -0.4 is 0 Å². The maximum atomic E-state index is 5.66. The van der Waals surface area contributed by atoms with Gasteiger partial charge in [-0.05, 0) is 51.5 Å². The first kappa shape index (κ1) is 16.0. The van der Waals surface area contributed by atoms with E-state index in [0.717, 1.165) is 5.56 Å². The van der Waals surface area contributed by atoms with E-state index < -0.39 is 0 Å². The quantitative estimate of drug-likeness (QED) is 0.454. The van der Waals surface area contributed by atoms with Crippen molar-refractivity contribution < 1.29 is 4.42 Å². The summed E-state index contributed by atoms with van der Waals surface area (Å²) in [5, 5.41) is 9.96. The van der Waals surface area contributed by atoms with Gasteiger partial charge in [0.25, 0.3) is 0 Å². The molecule has 0 aliphatic rings. The predicted octanol–water partition coefficient (Wildman–Crippen LogP) is 4.29. The van der Waals surface area contributed by atoms with Crippen LogP contribution in [0.15, 0.2) is 80.3 Å². The van der Waals surface area contributed by atoms with Crippen LogP contribution in [0.3, 0.4) is 0 Å². The Hall–Kier alpha value is -2.45. The van der Waals surface area contributed by atoms with Gasteiger partial charge in [0, 0.05) is 12.4 Å². The lowest BCUT2D eigenvalue weighted by Gasteiger charge is -2.08. The summed E-state index contributed by atoms with van der Waals surface area (Å²) in [7, 11) is 0. The molecule has 0 saturated heterocycles. The molecule has 0 unspecified atom stereocenters. The lowest BCUT2D eigenvalue weighted by molar-refractivity contribution is 0.544. The number of rotatable bonds is 5. The van der Waals surface area contributed by atoms with E-state index >= 15 is 0 Å². The van der Waals surface area contributed by atoms with Gasteiger partial charge in [-0.25, -0.2) is 9.97 Å². The largest absolute Gasteiger partial charge is 0.446 e. The third-order valence-electron chi connectivity index (χ3n) is 3.42. The summed E-state index contributed by atoms with van der Waals surface area (Å²) in [5.41, 5.74) is 1.14. The number of hydrogen-bond donors (Lipinski definition) is 0. The van der Waals surface area contributed by atoms with Crippen LogP contribution in [0.5, 0.6) is 0 Å². The second-order valence-electron chi connectivity index (χ2n) is 5.12. The highest BCUT2D eigenvalue weighted by molar-refractivity contribution is 9.10. The van der Waals surface area contributed by atoms with Crippen LogP contribution >= 0.6 is 27.7 Å². The van der Waals surface area contributed by atoms with Crippen LogP contribution in [0.25, 0.3) is 11.6 Å². The van der Waals surface area contributed by atoms with Crippen molar-refractivity contribution >= 4 is 27.7 Å². The minimum atomic E-state index is 0.622. The summed E-state index contributed by atoms with van der Waals surface area (Å²) in [6.07, 6.45) is 3.41. The number of benzene rings is 1. The van der Waals surface area contributed by atoms with Crippen molar-refractivity contribution in [2.45, 2.75) is 16.9 Å². The highest BCUT2D eigenvalue weighted by Gasteiger charge is 2.18. The van der Waals surface area contributed by atoms with E-state index in [-0.39, 0.29) is 0 Å². The number of hydrogen-bond acceptors (Lipinski definition) is 6. The molecule has 0 N–H and O–H groups in total. The Morgan fingerprint density at radius 2 is 1.76 bits per heavy atom. The summed E-state index contributed by atoms with van der Waals surface area (Å²) < 4.78 is 8.32. The van der Waals surface area contributed by atoms with Gasteiger partial charge in [0.05, 0.1) is 6.54 Å². The van der Waals surface area contributed by atoms with Crippen molar-refractivity contribution in [3.8, 4) is 11.6 Å². The SMILES string of the molecule is Brc1ccc(-c2nnc(Sc3ncccn3)n2Cc2ccccc2)o1. The van der Waals surface area contributed by atoms with E-state index in [4.69, 9.17) is 4.42 Å². The van der Waals surface area contributed by atoms with Gasteiger partial charge in [-0.3, -0.25) is 4.57 Å². The lowest BCUT2D eigenvalue weighted by Crippen LogP contribution is -2.04. The molecule has 4 rings (SSSR count). The van der Waals surface area contributed by atoms with Crippen molar-refractivity contribution in [2.75, 3.05) is 0 Å². The zero-order valence-electron chi connectivity index (χ0n) is 12.9. The van der Waals surface area contributed by atoms with Gasteiger partial charge in [-0.1, -0.05) is 30.3 Å². The van der Waals surface area contributed by atoms with Crippen molar-refractivity contribution in [2.24, 2.45) is 0 Å². The van der Waals surface area contributed by atoms with Crippen molar-refractivity contribution in [1.82, 2.24) is 24.7 Å². The first-order valence-corrected chi connectivity index (χ1v) is 9.08. The Morgan fingerprint density at radius 3 is 2.48 bits per heavy atom. The molecular weight excluding hydrogens is 402 g/mol. The molecule has 8 heteroatoms. The molecule has 0 fully saturated rings. The molecule has 4 aromatic rings. The van der Waals surface area contributed by atoms with Gasteiger partial charge < -0.3 is 4.42 Å². The van der Waals surface area contributed by atoms with Crippen LogP contribution in [-0.4, -0.2) is 24.7 Å². The Morgan fingerprint density at radius 1 is 0.960 bits per heavy atom. The summed E-state index contributed by atoms with van der Waals surface area (Å²) in [5.74, 6) is 1.31. The maximum Gasteiger partial charge on any atom is 0.200 e. The molecule has 0 radical (unpaired) electrons. The fraction of sp³-hybridized carbons (Fsp3) is 0.0588. The number of halogens is 1. The molecular formula is C17H12BrN5OS. The highest BCUT2D eigenvalue weighted by Crippen LogP contribution is 2.30. The standard InChI is InChI=1S/C17H12BrN5OS/c18-14-8-7-13(24-14)15-21-22-17(25-16-19-9-4-10-20-16)23(15)11-12-5-2-1-3-6-12/h1-10H,11H2. The number of nitrogens with zero attached hydrogens (tertiary/aromatic N) is 5. The van der Waals surface area contributed by atoms with Crippen LogP contribution in [0.2, 0.25) is 0 Å². The summed E-state index contributed by atoms with van der Waals surface area (Å²) in [4.78, 5) is 8.50. The summed E-state index contributed by atoms with van der Waals surface area (Å²) in [6.45, 7) is 0.622. The zero-order valence-corrected chi connectivity index (χ0v) is 15.3. The molecule has 0 saturated carbocycles. The average molecular weight is 414 g/mol. The highest BCUT2D eigenvalue weighted by atomic mass is 79.9. The van der Waals surface area contributed by atoms with Gasteiger partial charge >= 0.3 is 0 Å². The van der Waals surface area contributed by atoms with E-state index in [2.05, 4.69) is 48.2 Å². The van der Waals surface area contributed by atoms with Crippen molar-refractivity contribution in [3.63, 3.8) is 0 Å². The third-order valence-corrected chi connectivity index (χ3v) is 4.72. The molecule has 25 heavy (non-hydrogen) atoms. The van der Waals surface area contributed by atoms with E-state index in [9.17, 15) is 0 Å². The molecule has 0 bridgehead atoms. The van der Waals surface area contributed by atoms with E-state index in [0.29, 0.717) is 33.1 Å². The Labute approximate surface area is 156 Å². The second-order valence-corrected chi connectivity index (χ2v) is 6.83. The predicted molar refractivity (Wildman–Crippen MR) is 97.1 cm³/mol. The van der Waals surface area contributed by atoms with Crippen LogP contribution in [-0.2, 0) is 6.54 Å². The molecule has 0 aliphatic heterocycles.